The van der Waals surface area contributed by atoms with Crippen LogP contribution in [0.15, 0.2) is 48.8 Å². The van der Waals surface area contributed by atoms with E-state index in [4.69, 9.17) is 11.6 Å². The zero-order valence-corrected chi connectivity index (χ0v) is 14.5. The topological polar surface area (TPSA) is 88.2 Å². The van der Waals surface area contributed by atoms with Crippen molar-refractivity contribution in [2.45, 2.75) is 13.0 Å². The molecular formula is C16H18ClN3O3S. The number of benzene rings is 1. The molecule has 128 valence electrons. The number of sulfonamides is 1. The van der Waals surface area contributed by atoms with Gasteiger partial charge in [0.2, 0.25) is 15.9 Å². The van der Waals surface area contributed by atoms with Gasteiger partial charge in [0, 0.05) is 30.5 Å². The first-order chi connectivity index (χ1) is 11.4. The minimum absolute atomic E-state index is 0.0504. The number of hydrogen-bond acceptors (Lipinski definition) is 4. The SMILES string of the molecule is O=C(Cc1ccc(Cl)cc1)NCCS(=O)(=O)NCc1cccnc1. The Bertz CT molecular complexity index is 765. The Kier molecular flexibility index (Phi) is 6.72. The monoisotopic (exact) mass is 367 g/mol. The molecule has 0 saturated heterocycles. The molecule has 0 unspecified atom stereocenters. The molecule has 0 saturated carbocycles. The van der Waals surface area contributed by atoms with Crippen molar-refractivity contribution in [1.82, 2.24) is 15.0 Å². The summed E-state index contributed by atoms with van der Waals surface area (Å²) >= 11 is 5.78. The maximum Gasteiger partial charge on any atom is 0.224 e. The smallest absolute Gasteiger partial charge is 0.224 e. The van der Waals surface area contributed by atoms with Crippen LogP contribution in [0.1, 0.15) is 11.1 Å². The van der Waals surface area contributed by atoms with Gasteiger partial charge in [-0.15, -0.1) is 0 Å². The number of nitrogens with one attached hydrogen (secondary N) is 2. The van der Waals surface area contributed by atoms with E-state index in [1.807, 2.05) is 0 Å². The lowest BCUT2D eigenvalue weighted by atomic mass is 10.1. The van der Waals surface area contributed by atoms with E-state index in [2.05, 4.69) is 15.0 Å². The molecule has 6 nitrogen and oxygen atoms in total. The Morgan fingerprint density at radius 2 is 1.88 bits per heavy atom. The normalized spacial score (nSPS) is 11.2. The molecule has 8 heteroatoms. The minimum atomic E-state index is -3.46. The van der Waals surface area contributed by atoms with E-state index in [-0.39, 0.29) is 31.2 Å². The van der Waals surface area contributed by atoms with Gasteiger partial charge in [0.25, 0.3) is 0 Å². The second-order valence-corrected chi connectivity index (χ2v) is 7.52. The van der Waals surface area contributed by atoms with Gasteiger partial charge in [0.15, 0.2) is 0 Å². The molecule has 24 heavy (non-hydrogen) atoms. The van der Waals surface area contributed by atoms with Crippen LogP contribution >= 0.6 is 11.6 Å². The highest BCUT2D eigenvalue weighted by atomic mass is 35.5. The molecule has 2 aromatic rings. The van der Waals surface area contributed by atoms with Crippen LogP contribution in [-0.2, 0) is 27.8 Å². The fourth-order valence-electron chi connectivity index (χ4n) is 1.94. The number of rotatable bonds is 8. The molecule has 0 aliphatic rings. The van der Waals surface area contributed by atoms with Crippen molar-refractivity contribution in [3.8, 4) is 0 Å². The van der Waals surface area contributed by atoms with E-state index in [1.165, 1.54) is 0 Å². The van der Waals surface area contributed by atoms with Crippen molar-refractivity contribution in [3.63, 3.8) is 0 Å². The molecule has 0 bridgehead atoms. The van der Waals surface area contributed by atoms with Crippen LogP contribution in [0.2, 0.25) is 5.02 Å². The van der Waals surface area contributed by atoms with Crippen LogP contribution in [0.4, 0.5) is 0 Å². The number of halogens is 1. The zero-order valence-electron chi connectivity index (χ0n) is 12.9. The highest BCUT2D eigenvalue weighted by Crippen LogP contribution is 2.09. The Morgan fingerprint density at radius 3 is 2.54 bits per heavy atom. The van der Waals surface area contributed by atoms with Gasteiger partial charge in [-0.3, -0.25) is 9.78 Å². The van der Waals surface area contributed by atoms with Crippen molar-refractivity contribution in [1.29, 1.82) is 0 Å². The quantitative estimate of drug-likeness (QED) is 0.740. The first-order valence-electron chi connectivity index (χ1n) is 7.32. The summed E-state index contributed by atoms with van der Waals surface area (Å²) in [6.45, 7) is 0.226. The predicted octanol–water partition coefficient (Wildman–Crippen LogP) is 1.51. The van der Waals surface area contributed by atoms with Crippen LogP contribution in [0.25, 0.3) is 0 Å². The first-order valence-corrected chi connectivity index (χ1v) is 9.35. The summed E-state index contributed by atoms with van der Waals surface area (Å²) < 4.78 is 26.2. The van der Waals surface area contributed by atoms with Gasteiger partial charge >= 0.3 is 0 Å². The summed E-state index contributed by atoms with van der Waals surface area (Å²) in [7, 11) is -3.46. The van der Waals surface area contributed by atoms with Gasteiger partial charge in [-0.1, -0.05) is 29.8 Å². The average Bonchev–Trinajstić information content (AvgIpc) is 2.56. The summed E-state index contributed by atoms with van der Waals surface area (Å²) in [5, 5.41) is 3.20. The van der Waals surface area contributed by atoms with Gasteiger partial charge in [-0.2, -0.15) is 0 Å². The molecule has 0 aliphatic carbocycles. The number of aromatic nitrogens is 1. The fourth-order valence-corrected chi connectivity index (χ4v) is 2.97. The van der Waals surface area contributed by atoms with Crippen LogP contribution in [0.5, 0.6) is 0 Å². The molecular weight excluding hydrogens is 350 g/mol. The first kappa shape index (κ1) is 18.4. The molecule has 2 N–H and O–H groups in total. The van der Waals surface area contributed by atoms with Crippen LogP contribution in [-0.4, -0.2) is 31.6 Å². The van der Waals surface area contributed by atoms with Gasteiger partial charge in [0.05, 0.1) is 12.2 Å². The largest absolute Gasteiger partial charge is 0.355 e. The third-order valence-corrected chi connectivity index (χ3v) is 4.77. The Morgan fingerprint density at radius 1 is 1.12 bits per heavy atom. The molecule has 1 aromatic carbocycles. The lowest BCUT2D eigenvalue weighted by Crippen LogP contribution is -2.34. The van der Waals surface area contributed by atoms with E-state index in [1.54, 1.807) is 48.8 Å². The highest BCUT2D eigenvalue weighted by molar-refractivity contribution is 7.89. The van der Waals surface area contributed by atoms with Crippen molar-refractivity contribution in [3.05, 3.63) is 64.9 Å². The lowest BCUT2D eigenvalue weighted by molar-refractivity contribution is -0.120. The maximum atomic E-state index is 11.9. The number of nitrogens with zero attached hydrogens (tertiary/aromatic N) is 1. The van der Waals surface area contributed by atoms with Crippen molar-refractivity contribution in [2.24, 2.45) is 0 Å². The Hall–Kier alpha value is -1.96. The van der Waals surface area contributed by atoms with Crippen LogP contribution < -0.4 is 10.0 Å². The summed E-state index contributed by atoms with van der Waals surface area (Å²) in [6.07, 6.45) is 3.39. The second-order valence-electron chi connectivity index (χ2n) is 5.15. The second kappa shape index (κ2) is 8.77. The fraction of sp³-hybridized carbons (Fsp3) is 0.250. The predicted molar refractivity (Wildman–Crippen MR) is 93.0 cm³/mol. The van der Waals surface area contributed by atoms with Gasteiger partial charge < -0.3 is 5.32 Å². The summed E-state index contributed by atoms with van der Waals surface area (Å²) in [5.41, 5.74) is 1.59. The molecule has 0 radical (unpaired) electrons. The van der Waals surface area contributed by atoms with Crippen LogP contribution in [0, 0.1) is 0 Å². The van der Waals surface area contributed by atoms with E-state index in [9.17, 15) is 13.2 Å². The number of carbonyl (C=O) groups is 1. The third-order valence-electron chi connectivity index (χ3n) is 3.19. The molecule has 0 aliphatic heterocycles. The number of amides is 1. The van der Waals surface area contributed by atoms with Gasteiger partial charge in [-0.05, 0) is 29.3 Å². The highest BCUT2D eigenvalue weighted by Gasteiger charge is 2.11. The van der Waals surface area contributed by atoms with Gasteiger partial charge in [0.1, 0.15) is 0 Å². The van der Waals surface area contributed by atoms with E-state index >= 15 is 0 Å². The van der Waals surface area contributed by atoms with E-state index in [0.29, 0.717) is 5.02 Å². The van der Waals surface area contributed by atoms with Gasteiger partial charge in [-0.25, -0.2) is 13.1 Å². The molecule has 0 atom stereocenters. The lowest BCUT2D eigenvalue weighted by Gasteiger charge is -2.08. The minimum Gasteiger partial charge on any atom is -0.355 e. The van der Waals surface area contributed by atoms with Crippen molar-refractivity contribution >= 4 is 27.5 Å². The van der Waals surface area contributed by atoms with E-state index < -0.39 is 10.0 Å². The number of carbonyl (C=O) groups excluding carboxylic acids is 1. The molecule has 2 rings (SSSR count). The van der Waals surface area contributed by atoms with Crippen LogP contribution in [0.3, 0.4) is 0 Å². The number of pyridine rings is 1. The van der Waals surface area contributed by atoms with Crippen molar-refractivity contribution in [2.75, 3.05) is 12.3 Å². The van der Waals surface area contributed by atoms with E-state index in [0.717, 1.165) is 11.1 Å². The van der Waals surface area contributed by atoms with Crippen molar-refractivity contribution < 1.29 is 13.2 Å². The Labute approximate surface area is 146 Å². The molecule has 0 fully saturated rings. The zero-order chi connectivity index (χ0) is 17.4. The molecule has 1 heterocycles. The Balaban J connectivity index is 1.72. The summed E-state index contributed by atoms with van der Waals surface area (Å²) in [5.74, 6) is -0.417. The average molecular weight is 368 g/mol. The molecule has 1 aromatic heterocycles. The number of hydrogen-bond donors (Lipinski definition) is 2. The molecule has 1 amide bonds. The molecule has 0 spiro atoms. The standard InChI is InChI=1S/C16H18ClN3O3S/c17-15-5-3-13(4-6-15)10-16(21)19-8-9-24(22,23)20-12-14-2-1-7-18-11-14/h1-7,11,20H,8-10,12H2,(H,19,21). The third kappa shape index (κ3) is 6.66. The summed E-state index contributed by atoms with van der Waals surface area (Å²) in [6, 6.07) is 10.4. The maximum absolute atomic E-state index is 11.9. The summed E-state index contributed by atoms with van der Waals surface area (Å²) in [4.78, 5) is 15.7.